The number of benzene rings is 2. The van der Waals surface area contributed by atoms with Crippen LogP contribution in [0, 0.1) is 6.92 Å². The van der Waals surface area contributed by atoms with Crippen LogP contribution in [0.1, 0.15) is 47.2 Å². The van der Waals surface area contributed by atoms with Crippen LogP contribution in [0.25, 0.3) is 0 Å². The minimum Gasteiger partial charge on any atom is -0.494 e. The first-order valence-electron chi connectivity index (χ1n) is 9.27. The number of rotatable bonds is 8. The number of anilines is 1. The summed E-state index contributed by atoms with van der Waals surface area (Å²) in [6.45, 7) is 3.87. The maximum atomic E-state index is 12.3. The van der Waals surface area contributed by atoms with E-state index in [1.54, 1.807) is 25.1 Å². The van der Waals surface area contributed by atoms with E-state index in [-0.39, 0.29) is 30.6 Å². The van der Waals surface area contributed by atoms with Crippen molar-refractivity contribution in [1.82, 2.24) is 0 Å². The Morgan fingerprint density at radius 3 is 2.61 bits per heavy atom. The van der Waals surface area contributed by atoms with E-state index in [1.807, 2.05) is 31.2 Å². The SMILES string of the molecule is Cc1ccc(OCCCC(=O)OCC(=O)c2ccc3c(c2)[C@H](C)C(=O)N3)cc1. The Bertz CT molecular complexity index is 888. The first-order chi connectivity index (χ1) is 13.4. The van der Waals surface area contributed by atoms with Crippen molar-refractivity contribution in [2.75, 3.05) is 18.5 Å². The smallest absolute Gasteiger partial charge is 0.306 e. The van der Waals surface area contributed by atoms with Gasteiger partial charge < -0.3 is 14.8 Å². The first kappa shape index (κ1) is 19.6. The van der Waals surface area contributed by atoms with E-state index in [0.717, 1.165) is 22.6 Å². The lowest BCUT2D eigenvalue weighted by Crippen LogP contribution is -2.15. The third-order valence-corrected chi connectivity index (χ3v) is 4.67. The van der Waals surface area contributed by atoms with Crippen molar-refractivity contribution in [3.8, 4) is 5.75 Å². The zero-order valence-corrected chi connectivity index (χ0v) is 16.0. The van der Waals surface area contributed by atoms with Crippen LogP contribution in [0.3, 0.4) is 0 Å². The normalized spacial score (nSPS) is 14.9. The lowest BCUT2D eigenvalue weighted by atomic mass is 9.99. The predicted molar refractivity (Wildman–Crippen MR) is 105 cm³/mol. The molecule has 1 aliphatic heterocycles. The van der Waals surface area contributed by atoms with Crippen molar-refractivity contribution >= 4 is 23.3 Å². The molecule has 2 aromatic carbocycles. The van der Waals surface area contributed by atoms with Crippen LogP contribution >= 0.6 is 0 Å². The zero-order chi connectivity index (χ0) is 20.1. The number of Topliss-reactive ketones (excluding diaryl/α,β-unsaturated/α-hetero) is 1. The van der Waals surface area contributed by atoms with Crippen molar-refractivity contribution in [2.24, 2.45) is 0 Å². The number of nitrogens with one attached hydrogen (secondary N) is 1. The molecule has 0 saturated heterocycles. The third-order valence-electron chi connectivity index (χ3n) is 4.67. The predicted octanol–water partition coefficient (Wildman–Crippen LogP) is 3.64. The third kappa shape index (κ3) is 4.76. The van der Waals surface area contributed by atoms with Crippen molar-refractivity contribution in [1.29, 1.82) is 0 Å². The van der Waals surface area contributed by atoms with Crippen LogP contribution in [0.5, 0.6) is 5.75 Å². The fraction of sp³-hybridized carbons (Fsp3) is 0.318. The average molecular weight is 381 g/mol. The van der Waals surface area contributed by atoms with Crippen molar-refractivity contribution in [3.05, 3.63) is 59.2 Å². The summed E-state index contributed by atoms with van der Waals surface area (Å²) in [6, 6.07) is 12.7. The molecule has 1 atom stereocenters. The Labute approximate surface area is 163 Å². The molecule has 3 rings (SSSR count). The summed E-state index contributed by atoms with van der Waals surface area (Å²) >= 11 is 0. The molecule has 0 radical (unpaired) electrons. The summed E-state index contributed by atoms with van der Waals surface area (Å²) in [5.41, 5.74) is 3.09. The topological polar surface area (TPSA) is 81.7 Å². The standard InChI is InChI=1S/C22H23NO5/c1-14-5-8-17(9-6-14)27-11-3-4-21(25)28-13-20(24)16-7-10-19-18(12-16)15(2)22(26)23-19/h5-10,12,15H,3-4,11,13H2,1-2H3,(H,23,26)/t15-/m0/s1. The maximum absolute atomic E-state index is 12.3. The van der Waals surface area contributed by atoms with Gasteiger partial charge in [-0.15, -0.1) is 0 Å². The average Bonchev–Trinajstić information content (AvgIpc) is 2.98. The summed E-state index contributed by atoms with van der Waals surface area (Å²) in [5.74, 6) is -0.350. The number of hydrogen-bond acceptors (Lipinski definition) is 5. The summed E-state index contributed by atoms with van der Waals surface area (Å²) in [5, 5.41) is 2.76. The number of esters is 1. The molecule has 1 amide bonds. The highest BCUT2D eigenvalue weighted by Crippen LogP contribution is 2.32. The van der Waals surface area contributed by atoms with Crippen molar-refractivity contribution in [2.45, 2.75) is 32.6 Å². The van der Waals surface area contributed by atoms with Crippen molar-refractivity contribution < 1.29 is 23.9 Å². The monoisotopic (exact) mass is 381 g/mol. The van der Waals surface area contributed by atoms with E-state index in [4.69, 9.17) is 9.47 Å². The molecule has 0 spiro atoms. The van der Waals surface area contributed by atoms with Gasteiger partial charge in [-0.25, -0.2) is 0 Å². The molecule has 28 heavy (non-hydrogen) atoms. The van der Waals surface area contributed by atoms with Crippen LogP contribution in [-0.2, 0) is 14.3 Å². The zero-order valence-electron chi connectivity index (χ0n) is 16.0. The molecule has 0 aliphatic carbocycles. The van der Waals surface area contributed by atoms with E-state index in [9.17, 15) is 14.4 Å². The quantitative estimate of drug-likeness (QED) is 0.429. The lowest BCUT2D eigenvalue weighted by Gasteiger charge is -2.08. The molecular formula is C22H23NO5. The number of carbonyl (C=O) groups is 3. The van der Waals surface area contributed by atoms with Gasteiger partial charge in [-0.1, -0.05) is 17.7 Å². The number of ether oxygens (including phenoxy) is 2. The largest absolute Gasteiger partial charge is 0.494 e. The van der Waals surface area contributed by atoms with Gasteiger partial charge in [0.1, 0.15) is 5.75 Å². The Kier molecular flexibility index (Phi) is 6.09. The van der Waals surface area contributed by atoms with E-state index in [1.165, 1.54) is 0 Å². The van der Waals surface area contributed by atoms with Gasteiger partial charge in [0.05, 0.1) is 12.5 Å². The Hall–Kier alpha value is -3.15. The molecule has 1 aliphatic rings. The van der Waals surface area contributed by atoms with Crippen LogP contribution < -0.4 is 10.1 Å². The lowest BCUT2D eigenvalue weighted by molar-refractivity contribution is -0.142. The maximum Gasteiger partial charge on any atom is 0.306 e. The van der Waals surface area contributed by atoms with E-state index < -0.39 is 5.97 Å². The molecule has 1 N–H and O–H groups in total. The number of carbonyl (C=O) groups excluding carboxylic acids is 3. The number of amides is 1. The summed E-state index contributed by atoms with van der Waals surface area (Å²) in [4.78, 5) is 35.8. The molecule has 0 bridgehead atoms. The van der Waals surface area contributed by atoms with Gasteiger partial charge in [0.25, 0.3) is 0 Å². The van der Waals surface area contributed by atoms with E-state index >= 15 is 0 Å². The molecule has 6 heteroatoms. The van der Waals surface area contributed by atoms with Gasteiger partial charge in [-0.05, 0) is 56.2 Å². The van der Waals surface area contributed by atoms with Gasteiger partial charge in [0.15, 0.2) is 12.4 Å². The van der Waals surface area contributed by atoms with Crippen molar-refractivity contribution in [3.63, 3.8) is 0 Å². The molecule has 0 aromatic heterocycles. The minimum atomic E-state index is -0.438. The van der Waals surface area contributed by atoms with Crippen LogP contribution in [0.2, 0.25) is 0 Å². The summed E-state index contributed by atoms with van der Waals surface area (Å²) in [6.07, 6.45) is 0.684. The molecule has 2 aromatic rings. The number of fused-ring (bicyclic) bond motifs is 1. The van der Waals surface area contributed by atoms with Gasteiger partial charge in [-0.3, -0.25) is 14.4 Å². The van der Waals surface area contributed by atoms with Crippen LogP contribution in [0.4, 0.5) is 5.69 Å². The molecular weight excluding hydrogens is 358 g/mol. The highest BCUT2D eigenvalue weighted by Gasteiger charge is 2.27. The number of aryl methyl sites for hydroxylation is 1. The highest BCUT2D eigenvalue weighted by atomic mass is 16.5. The summed E-state index contributed by atoms with van der Waals surface area (Å²) < 4.78 is 10.6. The fourth-order valence-electron chi connectivity index (χ4n) is 2.93. The second kappa shape index (κ2) is 8.69. The summed E-state index contributed by atoms with van der Waals surface area (Å²) in [7, 11) is 0. The number of ketones is 1. The minimum absolute atomic E-state index is 0.0844. The van der Waals surface area contributed by atoms with Gasteiger partial charge in [-0.2, -0.15) is 0 Å². The highest BCUT2D eigenvalue weighted by molar-refractivity contribution is 6.05. The second-order valence-electron chi connectivity index (χ2n) is 6.86. The second-order valence-corrected chi connectivity index (χ2v) is 6.86. The molecule has 0 saturated carbocycles. The van der Waals surface area contributed by atoms with Gasteiger partial charge in [0.2, 0.25) is 5.91 Å². The Morgan fingerprint density at radius 2 is 1.86 bits per heavy atom. The molecule has 0 unspecified atom stereocenters. The van der Waals surface area contributed by atoms with Gasteiger partial charge in [0, 0.05) is 17.7 Å². The van der Waals surface area contributed by atoms with Crippen LogP contribution in [0.15, 0.2) is 42.5 Å². The van der Waals surface area contributed by atoms with E-state index in [0.29, 0.717) is 18.6 Å². The van der Waals surface area contributed by atoms with E-state index in [2.05, 4.69) is 5.32 Å². The molecule has 1 heterocycles. The molecule has 146 valence electrons. The Morgan fingerprint density at radius 1 is 1.11 bits per heavy atom. The fourth-order valence-corrected chi connectivity index (χ4v) is 2.93. The Balaban J connectivity index is 1.40. The van der Waals surface area contributed by atoms with Gasteiger partial charge >= 0.3 is 5.97 Å². The van der Waals surface area contributed by atoms with Crippen LogP contribution in [-0.4, -0.2) is 30.9 Å². The first-order valence-corrected chi connectivity index (χ1v) is 9.27. The number of hydrogen-bond donors (Lipinski definition) is 1. The molecule has 0 fully saturated rings. The molecule has 6 nitrogen and oxygen atoms in total.